The molecule has 1 aliphatic rings. The van der Waals surface area contributed by atoms with Crippen molar-refractivity contribution >= 4 is 39.1 Å². The van der Waals surface area contributed by atoms with E-state index in [0.29, 0.717) is 24.3 Å². The van der Waals surface area contributed by atoms with Gasteiger partial charge in [0.25, 0.3) is 5.91 Å². The molecule has 162 valence electrons. The molecule has 1 aliphatic heterocycles. The minimum absolute atomic E-state index is 0.195. The van der Waals surface area contributed by atoms with Crippen LogP contribution in [0.15, 0.2) is 53.3 Å². The molecular weight excluding hydrogens is 466 g/mol. The summed E-state index contributed by atoms with van der Waals surface area (Å²) >= 11 is 3.42. The number of primary amides is 1. The molecule has 9 nitrogen and oxygen atoms in total. The van der Waals surface area contributed by atoms with Crippen molar-refractivity contribution in [3.05, 3.63) is 64.4 Å². The number of halogens is 1. The summed E-state index contributed by atoms with van der Waals surface area (Å²) in [5.41, 5.74) is 7.97. The van der Waals surface area contributed by atoms with Crippen molar-refractivity contribution in [3.63, 3.8) is 0 Å². The Balaban J connectivity index is 1.51. The standard InChI is InChI=1S/C21H22BrN5O4/c1-30-18-11-26(21(29)31-12-13-5-3-2-4-6-13)10-16(18)25-19-15(20(23)28)8-24-27-9-14(22)7-17(19)27/h2-9,16,18,25H,10-12H2,1H3,(H2,23,28)/t16-,18+/m1/s1. The van der Waals surface area contributed by atoms with Gasteiger partial charge in [-0.3, -0.25) is 4.79 Å². The third kappa shape index (κ3) is 4.49. The van der Waals surface area contributed by atoms with Gasteiger partial charge in [0.2, 0.25) is 0 Å². The lowest BCUT2D eigenvalue weighted by Crippen LogP contribution is -2.35. The summed E-state index contributed by atoms with van der Waals surface area (Å²) in [5.74, 6) is -0.596. The lowest BCUT2D eigenvalue weighted by atomic mass is 10.1. The maximum Gasteiger partial charge on any atom is 0.410 e. The van der Waals surface area contributed by atoms with Gasteiger partial charge >= 0.3 is 6.09 Å². The SMILES string of the molecule is CO[C@H]1CN(C(=O)OCc2ccccc2)C[C@H]1Nc1c(C(N)=O)cnn2cc(Br)cc12. The zero-order valence-electron chi connectivity index (χ0n) is 16.8. The molecule has 0 unspecified atom stereocenters. The molecule has 3 N–H and O–H groups in total. The average Bonchev–Trinajstić information content (AvgIpc) is 3.35. The van der Waals surface area contributed by atoms with Gasteiger partial charge in [-0.05, 0) is 27.6 Å². The lowest BCUT2D eigenvalue weighted by Gasteiger charge is -2.21. The van der Waals surface area contributed by atoms with Crippen LogP contribution in [0, 0.1) is 0 Å². The van der Waals surface area contributed by atoms with Crippen LogP contribution in [0.25, 0.3) is 5.52 Å². The molecule has 1 saturated heterocycles. The predicted molar refractivity (Wildman–Crippen MR) is 118 cm³/mol. The second-order valence-corrected chi connectivity index (χ2v) is 8.17. The summed E-state index contributed by atoms with van der Waals surface area (Å²) in [6.07, 6.45) is 2.49. The number of anilines is 1. The lowest BCUT2D eigenvalue weighted by molar-refractivity contribution is 0.0832. The van der Waals surface area contributed by atoms with E-state index in [4.69, 9.17) is 15.2 Å². The number of amides is 2. The highest BCUT2D eigenvalue weighted by Gasteiger charge is 2.37. The first kappa shape index (κ1) is 21.1. The first-order valence-corrected chi connectivity index (χ1v) is 10.5. The average molecular weight is 488 g/mol. The number of nitrogens with zero attached hydrogens (tertiary/aromatic N) is 3. The van der Waals surface area contributed by atoms with Gasteiger partial charge in [0.15, 0.2) is 0 Å². The second kappa shape index (κ2) is 8.94. The largest absolute Gasteiger partial charge is 0.445 e. The van der Waals surface area contributed by atoms with Crippen molar-refractivity contribution in [2.45, 2.75) is 18.8 Å². The Labute approximate surface area is 187 Å². The van der Waals surface area contributed by atoms with Crippen LogP contribution in [-0.2, 0) is 16.1 Å². The Hall–Kier alpha value is -3.11. The highest BCUT2D eigenvalue weighted by molar-refractivity contribution is 9.10. The van der Waals surface area contributed by atoms with Crippen molar-refractivity contribution in [1.29, 1.82) is 0 Å². The Bertz CT molecular complexity index is 1100. The number of aromatic nitrogens is 2. The Morgan fingerprint density at radius 2 is 2.06 bits per heavy atom. The molecule has 3 heterocycles. The normalized spacial score (nSPS) is 18.3. The minimum atomic E-state index is -0.596. The summed E-state index contributed by atoms with van der Waals surface area (Å²) in [5, 5.41) is 7.57. The van der Waals surface area contributed by atoms with Crippen molar-refractivity contribution < 1.29 is 19.1 Å². The van der Waals surface area contributed by atoms with Crippen LogP contribution in [0.5, 0.6) is 0 Å². The maximum atomic E-state index is 12.6. The van der Waals surface area contributed by atoms with Crippen LogP contribution in [0.3, 0.4) is 0 Å². The molecule has 0 spiro atoms. The quantitative estimate of drug-likeness (QED) is 0.552. The monoisotopic (exact) mass is 487 g/mol. The number of methoxy groups -OCH3 is 1. The summed E-state index contributed by atoms with van der Waals surface area (Å²) in [6, 6.07) is 11.1. The van der Waals surface area contributed by atoms with E-state index in [1.165, 1.54) is 6.20 Å². The summed E-state index contributed by atoms with van der Waals surface area (Å²) in [7, 11) is 1.59. The molecule has 1 aromatic carbocycles. The summed E-state index contributed by atoms with van der Waals surface area (Å²) < 4.78 is 13.5. The van der Waals surface area contributed by atoms with E-state index in [1.54, 1.807) is 22.7 Å². The van der Waals surface area contributed by atoms with E-state index >= 15 is 0 Å². The number of benzene rings is 1. The van der Waals surface area contributed by atoms with Gasteiger partial charge in [-0.2, -0.15) is 5.10 Å². The van der Waals surface area contributed by atoms with Gasteiger partial charge in [0.1, 0.15) is 6.61 Å². The number of ether oxygens (including phenoxy) is 2. The Morgan fingerprint density at radius 3 is 2.77 bits per heavy atom. The topological polar surface area (TPSA) is 111 Å². The van der Waals surface area contributed by atoms with E-state index in [0.717, 1.165) is 10.0 Å². The number of nitrogens with two attached hydrogens (primary N) is 1. The van der Waals surface area contributed by atoms with E-state index in [-0.39, 0.29) is 24.3 Å². The zero-order chi connectivity index (χ0) is 22.0. The number of carbonyl (C=O) groups is 2. The third-order valence-corrected chi connectivity index (χ3v) is 5.66. The number of carbonyl (C=O) groups excluding carboxylic acids is 2. The highest BCUT2D eigenvalue weighted by atomic mass is 79.9. The molecular formula is C21H22BrN5O4. The molecule has 0 aliphatic carbocycles. The van der Waals surface area contributed by atoms with Crippen LogP contribution in [0.4, 0.5) is 10.5 Å². The molecule has 0 saturated carbocycles. The molecule has 0 radical (unpaired) electrons. The maximum absolute atomic E-state index is 12.6. The molecule has 2 aromatic heterocycles. The predicted octanol–water partition coefficient (Wildman–Crippen LogP) is 2.64. The van der Waals surface area contributed by atoms with Crippen LogP contribution < -0.4 is 11.1 Å². The number of likely N-dealkylation sites (tertiary alicyclic amines) is 1. The molecule has 3 aromatic rings. The van der Waals surface area contributed by atoms with Crippen LogP contribution in [0.1, 0.15) is 15.9 Å². The third-order valence-electron chi connectivity index (χ3n) is 5.23. The van der Waals surface area contributed by atoms with Gasteiger partial charge in [0, 0.05) is 24.3 Å². The molecule has 31 heavy (non-hydrogen) atoms. The van der Waals surface area contributed by atoms with Gasteiger partial charge in [0.05, 0.1) is 41.7 Å². The summed E-state index contributed by atoms with van der Waals surface area (Å²) in [4.78, 5) is 26.2. The van der Waals surface area contributed by atoms with E-state index in [2.05, 4.69) is 26.3 Å². The molecule has 10 heteroatoms. The van der Waals surface area contributed by atoms with Gasteiger partial charge in [-0.1, -0.05) is 30.3 Å². The molecule has 0 bridgehead atoms. The minimum Gasteiger partial charge on any atom is -0.445 e. The molecule has 4 rings (SSSR count). The van der Waals surface area contributed by atoms with Gasteiger partial charge in [-0.15, -0.1) is 0 Å². The van der Waals surface area contributed by atoms with Crippen molar-refractivity contribution in [1.82, 2.24) is 14.5 Å². The smallest absolute Gasteiger partial charge is 0.410 e. The molecule has 2 atom stereocenters. The fourth-order valence-electron chi connectivity index (χ4n) is 3.66. The highest BCUT2D eigenvalue weighted by Crippen LogP contribution is 2.28. The number of rotatable bonds is 6. The van der Waals surface area contributed by atoms with Gasteiger partial charge < -0.3 is 25.4 Å². The zero-order valence-corrected chi connectivity index (χ0v) is 18.4. The summed E-state index contributed by atoms with van der Waals surface area (Å²) in [6.45, 7) is 0.904. The van der Waals surface area contributed by atoms with Crippen molar-refractivity contribution in [3.8, 4) is 0 Å². The van der Waals surface area contributed by atoms with E-state index in [9.17, 15) is 9.59 Å². The first-order valence-electron chi connectivity index (χ1n) is 9.68. The van der Waals surface area contributed by atoms with E-state index in [1.807, 2.05) is 36.4 Å². The Kier molecular flexibility index (Phi) is 6.10. The first-order chi connectivity index (χ1) is 15.0. The van der Waals surface area contributed by atoms with Crippen LogP contribution in [-0.4, -0.2) is 58.9 Å². The fourth-order valence-corrected chi connectivity index (χ4v) is 4.07. The Morgan fingerprint density at radius 1 is 1.29 bits per heavy atom. The molecule has 2 amide bonds. The van der Waals surface area contributed by atoms with Crippen LogP contribution in [0.2, 0.25) is 0 Å². The van der Waals surface area contributed by atoms with Crippen LogP contribution >= 0.6 is 15.9 Å². The number of fused-ring (bicyclic) bond motifs is 1. The number of hydrogen-bond acceptors (Lipinski definition) is 6. The number of hydrogen-bond donors (Lipinski definition) is 2. The second-order valence-electron chi connectivity index (χ2n) is 7.26. The van der Waals surface area contributed by atoms with Crippen molar-refractivity contribution in [2.24, 2.45) is 5.73 Å². The number of nitrogens with one attached hydrogen (secondary N) is 1. The fraction of sp³-hybridized carbons (Fsp3) is 0.286. The van der Waals surface area contributed by atoms with Crippen molar-refractivity contribution in [2.75, 3.05) is 25.5 Å². The molecule has 1 fully saturated rings. The van der Waals surface area contributed by atoms with E-state index < -0.39 is 12.0 Å². The van der Waals surface area contributed by atoms with Gasteiger partial charge in [-0.25, -0.2) is 9.31 Å².